The Balaban J connectivity index is 2.12. The van der Waals surface area contributed by atoms with Crippen LogP contribution < -0.4 is 21.7 Å². The third kappa shape index (κ3) is 9.55. The van der Waals surface area contributed by atoms with E-state index in [1.807, 2.05) is 6.26 Å². The number of nitrogens with one attached hydrogen (secondary N) is 4. The lowest BCUT2D eigenvalue weighted by molar-refractivity contribution is -0.142. The van der Waals surface area contributed by atoms with E-state index in [2.05, 4.69) is 38.5 Å². The van der Waals surface area contributed by atoms with Crippen molar-refractivity contribution in [2.24, 2.45) is 5.73 Å². The molecule has 0 saturated carbocycles. The predicted molar refractivity (Wildman–Crippen MR) is 141 cm³/mol. The number of benzene rings is 1. The van der Waals surface area contributed by atoms with Crippen LogP contribution in [0.3, 0.4) is 0 Å². The van der Waals surface area contributed by atoms with Gasteiger partial charge in [-0.05, 0) is 24.0 Å². The van der Waals surface area contributed by atoms with Gasteiger partial charge >= 0.3 is 5.97 Å². The van der Waals surface area contributed by atoms with Gasteiger partial charge in [-0.3, -0.25) is 14.4 Å². The zero-order valence-corrected chi connectivity index (χ0v) is 21.6. The fourth-order valence-electron chi connectivity index (χ4n) is 3.27. The molecule has 196 valence electrons. The minimum atomic E-state index is -1.21. The van der Waals surface area contributed by atoms with Crippen molar-refractivity contribution in [2.45, 2.75) is 43.4 Å². The topological polar surface area (TPSA) is 179 Å². The number of H-pyrrole nitrogens is 1. The summed E-state index contributed by atoms with van der Waals surface area (Å²) in [6.07, 6.45) is 5.35. The second-order valence-corrected chi connectivity index (χ2v) is 9.41. The van der Waals surface area contributed by atoms with Crippen LogP contribution >= 0.6 is 24.4 Å². The Kier molecular flexibility index (Phi) is 12.3. The number of aromatic amines is 1. The number of imidazole rings is 1. The van der Waals surface area contributed by atoms with Gasteiger partial charge in [0, 0.05) is 30.5 Å². The maximum atomic E-state index is 13.1. The lowest BCUT2D eigenvalue weighted by Gasteiger charge is -2.24. The van der Waals surface area contributed by atoms with Crippen LogP contribution in [-0.4, -0.2) is 80.7 Å². The first kappa shape index (κ1) is 29.2. The van der Waals surface area contributed by atoms with E-state index in [-0.39, 0.29) is 18.6 Å². The molecule has 2 rings (SSSR count). The van der Waals surface area contributed by atoms with E-state index in [4.69, 9.17) is 5.73 Å². The highest BCUT2D eigenvalue weighted by atomic mass is 32.2. The Bertz CT molecular complexity index is 992. The number of amides is 3. The smallest absolute Gasteiger partial charge is 0.326 e. The molecule has 3 amide bonds. The van der Waals surface area contributed by atoms with Crippen molar-refractivity contribution < 1.29 is 24.3 Å². The summed E-state index contributed by atoms with van der Waals surface area (Å²) in [4.78, 5) is 57.1. The summed E-state index contributed by atoms with van der Waals surface area (Å²) in [5, 5.41) is 17.3. The number of hydrogen-bond acceptors (Lipinski definition) is 8. The molecule has 0 bridgehead atoms. The SMILES string of the molecule is CSCCC(N)C(=O)NC(CS)C(=O)NC(Cc1cnc[nH]1)C(=O)NC(Cc1ccccc1)C(=O)O. The van der Waals surface area contributed by atoms with Gasteiger partial charge in [0.2, 0.25) is 17.7 Å². The van der Waals surface area contributed by atoms with Gasteiger partial charge in [-0.25, -0.2) is 9.78 Å². The van der Waals surface area contributed by atoms with Crippen molar-refractivity contribution in [3.05, 3.63) is 54.1 Å². The summed E-state index contributed by atoms with van der Waals surface area (Å²) < 4.78 is 0. The van der Waals surface area contributed by atoms with E-state index >= 15 is 0 Å². The highest BCUT2D eigenvalue weighted by Crippen LogP contribution is 2.06. The molecule has 1 aromatic carbocycles. The second-order valence-electron chi connectivity index (χ2n) is 8.06. The first-order valence-electron chi connectivity index (χ1n) is 11.3. The molecule has 7 N–H and O–H groups in total. The molecule has 36 heavy (non-hydrogen) atoms. The molecule has 0 aliphatic heterocycles. The lowest BCUT2D eigenvalue weighted by atomic mass is 10.0. The summed E-state index contributed by atoms with van der Waals surface area (Å²) in [6.45, 7) is 0. The van der Waals surface area contributed by atoms with Crippen LogP contribution in [-0.2, 0) is 32.0 Å². The molecule has 0 radical (unpaired) electrons. The molecular weight excluding hydrogens is 504 g/mol. The number of thiol groups is 1. The number of carbonyl (C=O) groups excluding carboxylic acids is 3. The van der Waals surface area contributed by atoms with Crippen LogP contribution in [0.1, 0.15) is 17.7 Å². The number of carbonyl (C=O) groups is 4. The molecule has 4 atom stereocenters. The summed E-state index contributed by atoms with van der Waals surface area (Å²) in [6, 6.07) is 4.69. The van der Waals surface area contributed by atoms with Crippen LogP contribution in [0.5, 0.6) is 0 Å². The molecule has 0 fully saturated rings. The number of thioether (sulfide) groups is 1. The number of carboxylic acids is 1. The number of carboxylic acid groups (broad SMARTS) is 1. The van der Waals surface area contributed by atoms with Crippen LogP contribution in [0.25, 0.3) is 0 Å². The van der Waals surface area contributed by atoms with Crippen molar-refractivity contribution >= 4 is 48.1 Å². The van der Waals surface area contributed by atoms with Gasteiger partial charge in [-0.15, -0.1) is 0 Å². The number of aliphatic carboxylic acids is 1. The largest absolute Gasteiger partial charge is 0.480 e. The molecule has 0 aliphatic rings. The lowest BCUT2D eigenvalue weighted by Crippen LogP contribution is -2.58. The van der Waals surface area contributed by atoms with Gasteiger partial charge in [0.1, 0.15) is 18.1 Å². The van der Waals surface area contributed by atoms with E-state index in [0.717, 1.165) is 5.56 Å². The maximum Gasteiger partial charge on any atom is 0.326 e. The number of aromatic nitrogens is 2. The Hall–Kier alpha value is -3.03. The van der Waals surface area contributed by atoms with Crippen LogP contribution in [0, 0.1) is 0 Å². The van der Waals surface area contributed by atoms with Gasteiger partial charge in [0.05, 0.1) is 12.4 Å². The van der Waals surface area contributed by atoms with Crippen LogP contribution in [0.2, 0.25) is 0 Å². The Morgan fingerprint density at radius 3 is 2.25 bits per heavy atom. The van der Waals surface area contributed by atoms with E-state index in [1.54, 1.807) is 42.1 Å². The van der Waals surface area contributed by atoms with Gasteiger partial charge in [-0.1, -0.05) is 30.3 Å². The third-order valence-corrected chi connectivity index (χ3v) is 6.30. The zero-order valence-electron chi connectivity index (χ0n) is 19.8. The van der Waals surface area contributed by atoms with Gasteiger partial charge in [0.25, 0.3) is 0 Å². The standard InChI is InChI=1S/C23H32N6O5S2/c1-36-8-7-16(24)20(30)29-19(12-35)22(32)27-17(10-15-11-25-13-26-15)21(31)28-18(23(33)34)9-14-5-3-2-4-6-14/h2-6,11,13,16-19,35H,7-10,12,24H2,1H3,(H,25,26)(H,27,32)(H,28,31)(H,29,30)(H,33,34). The number of rotatable bonds is 15. The molecule has 1 heterocycles. The Labute approximate surface area is 219 Å². The summed E-state index contributed by atoms with van der Waals surface area (Å²) >= 11 is 5.70. The van der Waals surface area contributed by atoms with Crippen molar-refractivity contribution in [2.75, 3.05) is 17.8 Å². The second kappa shape index (κ2) is 15.2. The summed E-state index contributed by atoms with van der Waals surface area (Å²) in [5.41, 5.74) is 7.16. The van der Waals surface area contributed by atoms with Crippen molar-refractivity contribution in [3.8, 4) is 0 Å². The van der Waals surface area contributed by atoms with Gasteiger partial charge in [-0.2, -0.15) is 24.4 Å². The molecule has 1 aromatic heterocycles. The first-order valence-corrected chi connectivity index (χ1v) is 13.3. The van der Waals surface area contributed by atoms with Crippen molar-refractivity contribution in [3.63, 3.8) is 0 Å². The molecule has 11 nitrogen and oxygen atoms in total. The molecule has 13 heteroatoms. The van der Waals surface area contributed by atoms with Crippen LogP contribution in [0.4, 0.5) is 0 Å². The van der Waals surface area contributed by atoms with E-state index < -0.39 is 47.9 Å². The van der Waals surface area contributed by atoms with Crippen molar-refractivity contribution in [1.29, 1.82) is 0 Å². The van der Waals surface area contributed by atoms with Gasteiger partial charge < -0.3 is 31.8 Å². The zero-order chi connectivity index (χ0) is 26.5. The van der Waals surface area contributed by atoms with E-state index in [1.165, 1.54) is 12.5 Å². The minimum Gasteiger partial charge on any atom is -0.480 e. The molecule has 0 saturated heterocycles. The summed E-state index contributed by atoms with van der Waals surface area (Å²) in [5.74, 6) is -2.39. The Morgan fingerprint density at radius 1 is 1.03 bits per heavy atom. The molecule has 0 aliphatic carbocycles. The first-order chi connectivity index (χ1) is 17.2. The molecular formula is C23H32N6O5S2. The number of nitrogens with two attached hydrogens (primary N) is 1. The van der Waals surface area contributed by atoms with E-state index in [9.17, 15) is 24.3 Å². The van der Waals surface area contributed by atoms with Crippen LogP contribution in [0.15, 0.2) is 42.9 Å². The minimum absolute atomic E-state index is 0.0235. The van der Waals surface area contributed by atoms with Gasteiger partial charge in [0.15, 0.2) is 0 Å². The molecule has 4 unspecified atom stereocenters. The number of nitrogens with zero attached hydrogens (tertiary/aromatic N) is 1. The average molecular weight is 537 g/mol. The highest BCUT2D eigenvalue weighted by molar-refractivity contribution is 7.98. The predicted octanol–water partition coefficient (Wildman–Crippen LogP) is -0.256. The quantitative estimate of drug-likeness (QED) is 0.152. The van der Waals surface area contributed by atoms with Crippen molar-refractivity contribution in [1.82, 2.24) is 25.9 Å². The Morgan fingerprint density at radius 2 is 1.67 bits per heavy atom. The van der Waals surface area contributed by atoms with E-state index in [0.29, 0.717) is 17.9 Å². The fraction of sp³-hybridized carbons (Fsp3) is 0.435. The maximum absolute atomic E-state index is 13.1. The summed E-state index contributed by atoms with van der Waals surface area (Å²) in [7, 11) is 0. The monoisotopic (exact) mass is 536 g/mol. The average Bonchev–Trinajstić information content (AvgIpc) is 3.38. The molecule has 2 aromatic rings. The third-order valence-electron chi connectivity index (χ3n) is 5.29. The normalized spacial score (nSPS) is 14.2. The number of hydrogen-bond donors (Lipinski definition) is 7. The molecule has 0 spiro atoms. The highest BCUT2D eigenvalue weighted by Gasteiger charge is 2.30. The fourth-order valence-corrected chi connectivity index (χ4v) is 4.02.